The minimum atomic E-state index is 0.362. The molecule has 1 aromatic carbocycles. The fourth-order valence-electron chi connectivity index (χ4n) is 3.81. The minimum Gasteiger partial charge on any atom is -0.493 e. The number of benzene rings is 1. The molecule has 0 fully saturated rings. The Balaban J connectivity index is 1.96. The summed E-state index contributed by atoms with van der Waals surface area (Å²) in [4.78, 5) is 2.49. The lowest BCUT2D eigenvalue weighted by atomic mass is 9.98. The van der Waals surface area contributed by atoms with Crippen LogP contribution < -0.4 is 14.2 Å². The lowest BCUT2D eigenvalue weighted by Crippen LogP contribution is -2.42. The van der Waals surface area contributed by atoms with E-state index in [0.717, 1.165) is 36.2 Å². The first-order valence-electron chi connectivity index (χ1n) is 9.48. The summed E-state index contributed by atoms with van der Waals surface area (Å²) in [5.74, 6) is 1.82. The SMILES string of the molecule is C=CC[C@@H]1CC=C[C@@H](C)N1Cc1cn[nH]c1-c1cc(OC)c(OC)c(OC)c1. The number of aromatic nitrogens is 2. The number of methoxy groups -OCH3 is 3. The Labute approximate surface area is 166 Å². The molecule has 0 bridgehead atoms. The van der Waals surface area contributed by atoms with Gasteiger partial charge in [-0.3, -0.25) is 10.00 Å². The zero-order chi connectivity index (χ0) is 20.1. The van der Waals surface area contributed by atoms with E-state index in [1.54, 1.807) is 21.3 Å². The van der Waals surface area contributed by atoms with Crippen molar-refractivity contribution in [2.75, 3.05) is 21.3 Å². The van der Waals surface area contributed by atoms with E-state index in [1.807, 2.05) is 24.4 Å². The second-order valence-electron chi connectivity index (χ2n) is 6.94. The Hall–Kier alpha value is -2.73. The highest BCUT2D eigenvalue weighted by molar-refractivity contribution is 5.70. The first-order chi connectivity index (χ1) is 13.6. The van der Waals surface area contributed by atoms with Crippen LogP contribution in [0.15, 0.2) is 43.1 Å². The Morgan fingerprint density at radius 3 is 2.54 bits per heavy atom. The molecule has 1 aliphatic heterocycles. The summed E-state index contributed by atoms with van der Waals surface area (Å²) in [6, 6.07) is 4.69. The summed E-state index contributed by atoms with van der Waals surface area (Å²) >= 11 is 0. The molecular weight excluding hydrogens is 354 g/mol. The average molecular weight is 383 g/mol. The van der Waals surface area contributed by atoms with Crippen LogP contribution in [-0.2, 0) is 6.54 Å². The van der Waals surface area contributed by atoms with Crippen molar-refractivity contribution in [3.63, 3.8) is 0 Å². The number of ether oxygens (including phenoxy) is 3. The quantitative estimate of drug-likeness (QED) is 0.693. The fourth-order valence-corrected chi connectivity index (χ4v) is 3.81. The number of H-pyrrole nitrogens is 1. The van der Waals surface area contributed by atoms with Crippen molar-refractivity contribution in [1.82, 2.24) is 15.1 Å². The van der Waals surface area contributed by atoms with Crippen molar-refractivity contribution in [2.24, 2.45) is 0 Å². The van der Waals surface area contributed by atoms with E-state index in [-0.39, 0.29) is 0 Å². The maximum atomic E-state index is 5.50. The van der Waals surface area contributed by atoms with E-state index >= 15 is 0 Å². The molecule has 2 heterocycles. The number of nitrogens with zero attached hydrogens (tertiary/aromatic N) is 2. The van der Waals surface area contributed by atoms with Crippen LogP contribution in [0.25, 0.3) is 11.3 Å². The van der Waals surface area contributed by atoms with E-state index in [4.69, 9.17) is 14.2 Å². The third-order valence-electron chi connectivity index (χ3n) is 5.28. The first kappa shape index (κ1) is 20.0. The third-order valence-corrected chi connectivity index (χ3v) is 5.28. The molecular formula is C22H29N3O3. The molecule has 1 aromatic heterocycles. The van der Waals surface area contributed by atoms with Gasteiger partial charge in [-0.1, -0.05) is 18.2 Å². The van der Waals surface area contributed by atoms with Gasteiger partial charge in [0.05, 0.1) is 33.2 Å². The lowest BCUT2D eigenvalue weighted by Gasteiger charge is -2.37. The van der Waals surface area contributed by atoms with Gasteiger partial charge in [0.1, 0.15) is 0 Å². The summed E-state index contributed by atoms with van der Waals surface area (Å²) in [7, 11) is 4.85. The van der Waals surface area contributed by atoms with Crippen molar-refractivity contribution in [3.8, 4) is 28.5 Å². The summed E-state index contributed by atoms with van der Waals surface area (Å²) in [5.41, 5.74) is 3.03. The molecule has 0 aliphatic carbocycles. The number of rotatable bonds is 8. The fraction of sp³-hybridized carbons (Fsp3) is 0.409. The molecule has 6 heteroatoms. The Kier molecular flexibility index (Phi) is 6.41. The van der Waals surface area contributed by atoms with Gasteiger partial charge in [0.2, 0.25) is 5.75 Å². The van der Waals surface area contributed by atoms with Crippen LogP contribution in [0.2, 0.25) is 0 Å². The van der Waals surface area contributed by atoms with Gasteiger partial charge in [-0.05, 0) is 31.9 Å². The molecule has 2 atom stereocenters. The van der Waals surface area contributed by atoms with E-state index in [0.29, 0.717) is 29.3 Å². The predicted molar refractivity (Wildman–Crippen MR) is 111 cm³/mol. The maximum absolute atomic E-state index is 5.50. The van der Waals surface area contributed by atoms with Gasteiger partial charge in [0.25, 0.3) is 0 Å². The number of hydrogen-bond acceptors (Lipinski definition) is 5. The highest BCUT2D eigenvalue weighted by Crippen LogP contribution is 2.41. The van der Waals surface area contributed by atoms with Crippen molar-refractivity contribution in [3.05, 3.63) is 48.7 Å². The zero-order valence-electron chi connectivity index (χ0n) is 17.1. The van der Waals surface area contributed by atoms with Crippen LogP contribution in [-0.4, -0.2) is 48.5 Å². The summed E-state index contributed by atoms with van der Waals surface area (Å²) in [6.07, 6.45) is 10.4. The third kappa shape index (κ3) is 3.92. The lowest BCUT2D eigenvalue weighted by molar-refractivity contribution is 0.151. The number of hydrogen-bond donors (Lipinski definition) is 1. The van der Waals surface area contributed by atoms with Crippen molar-refractivity contribution < 1.29 is 14.2 Å². The summed E-state index contributed by atoms with van der Waals surface area (Å²) in [5, 5.41) is 7.46. The van der Waals surface area contributed by atoms with Crippen LogP contribution in [0.1, 0.15) is 25.3 Å². The predicted octanol–water partition coefficient (Wildman–Crippen LogP) is 4.20. The van der Waals surface area contributed by atoms with Crippen molar-refractivity contribution in [2.45, 2.75) is 38.4 Å². The van der Waals surface area contributed by atoms with Gasteiger partial charge in [0.15, 0.2) is 11.5 Å². The van der Waals surface area contributed by atoms with Crippen LogP contribution in [0, 0.1) is 0 Å². The normalized spacial score (nSPS) is 19.4. The molecule has 1 N–H and O–H groups in total. The standard InChI is InChI=1S/C22H29N3O3/c1-6-8-18-10-7-9-15(2)25(18)14-17-13-23-24-21(17)16-11-19(26-3)22(28-5)20(12-16)27-4/h6-7,9,11-13,15,18H,1,8,10,14H2,2-5H3,(H,23,24)/t15-,18-/m1/s1. The zero-order valence-corrected chi connectivity index (χ0v) is 17.1. The van der Waals surface area contributed by atoms with E-state index in [1.165, 1.54) is 0 Å². The van der Waals surface area contributed by atoms with Gasteiger partial charge in [0, 0.05) is 29.8 Å². The summed E-state index contributed by atoms with van der Waals surface area (Å²) < 4.78 is 16.4. The topological polar surface area (TPSA) is 59.6 Å². The Bertz CT molecular complexity index is 818. The molecule has 3 rings (SSSR count). The van der Waals surface area contributed by atoms with Crippen LogP contribution in [0.3, 0.4) is 0 Å². The Morgan fingerprint density at radius 2 is 1.93 bits per heavy atom. The first-order valence-corrected chi connectivity index (χ1v) is 9.48. The van der Waals surface area contributed by atoms with Crippen LogP contribution in [0.4, 0.5) is 0 Å². The molecule has 2 aromatic rings. The summed E-state index contributed by atoms with van der Waals surface area (Å²) in [6.45, 7) is 6.95. The molecule has 28 heavy (non-hydrogen) atoms. The highest BCUT2D eigenvalue weighted by Gasteiger charge is 2.26. The smallest absolute Gasteiger partial charge is 0.203 e. The molecule has 6 nitrogen and oxygen atoms in total. The number of nitrogens with one attached hydrogen (secondary N) is 1. The van der Waals surface area contributed by atoms with Crippen molar-refractivity contribution >= 4 is 0 Å². The van der Waals surface area contributed by atoms with Crippen molar-refractivity contribution in [1.29, 1.82) is 0 Å². The molecule has 0 amide bonds. The molecule has 150 valence electrons. The minimum absolute atomic E-state index is 0.362. The molecule has 0 saturated heterocycles. The van der Waals surface area contributed by atoms with E-state index in [9.17, 15) is 0 Å². The number of aromatic amines is 1. The van der Waals surface area contributed by atoms with Gasteiger partial charge in [-0.25, -0.2) is 0 Å². The molecule has 0 spiro atoms. The monoisotopic (exact) mass is 383 g/mol. The average Bonchev–Trinajstić information content (AvgIpc) is 3.17. The largest absolute Gasteiger partial charge is 0.493 e. The molecule has 0 saturated carbocycles. The second kappa shape index (κ2) is 8.97. The second-order valence-corrected chi connectivity index (χ2v) is 6.94. The highest BCUT2D eigenvalue weighted by atomic mass is 16.5. The van der Waals surface area contributed by atoms with Gasteiger partial charge < -0.3 is 14.2 Å². The molecule has 0 radical (unpaired) electrons. The van der Waals surface area contributed by atoms with E-state index < -0.39 is 0 Å². The van der Waals surface area contributed by atoms with Crippen LogP contribution >= 0.6 is 0 Å². The van der Waals surface area contributed by atoms with Gasteiger partial charge in [-0.15, -0.1) is 6.58 Å². The van der Waals surface area contributed by atoms with Gasteiger partial charge >= 0.3 is 0 Å². The Morgan fingerprint density at radius 1 is 1.21 bits per heavy atom. The van der Waals surface area contributed by atoms with E-state index in [2.05, 4.69) is 40.8 Å². The maximum Gasteiger partial charge on any atom is 0.203 e. The molecule has 1 aliphatic rings. The van der Waals surface area contributed by atoms with Crippen LogP contribution in [0.5, 0.6) is 17.2 Å². The molecule has 0 unspecified atom stereocenters. The van der Waals surface area contributed by atoms with Gasteiger partial charge in [-0.2, -0.15) is 5.10 Å².